The molecule has 2 N–H and O–H groups in total. The molecule has 2 rings (SSSR count). The molecule has 0 fully saturated rings. The van der Waals surface area contributed by atoms with E-state index in [0.29, 0.717) is 29.5 Å². The van der Waals surface area contributed by atoms with Crippen LogP contribution in [0.1, 0.15) is 36.2 Å². The third-order valence-corrected chi connectivity index (χ3v) is 4.08. The Labute approximate surface area is 176 Å². The van der Waals surface area contributed by atoms with Crippen molar-refractivity contribution >= 4 is 23.5 Å². The first-order valence-corrected chi connectivity index (χ1v) is 9.87. The zero-order valence-electron chi connectivity index (χ0n) is 17.6. The molecule has 0 aliphatic rings. The second kappa shape index (κ2) is 11.6. The van der Waals surface area contributed by atoms with Crippen molar-refractivity contribution in [1.82, 2.24) is 5.32 Å². The third kappa shape index (κ3) is 7.95. The van der Waals surface area contributed by atoms with Gasteiger partial charge in [-0.25, -0.2) is 0 Å². The number of rotatable bonds is 10. The van der Waals surface area contributed by atoms with Gasteiger partial charge in [0.05, 0.1) is 24.3 Å². The summed E-state index contributed by atoms with van der Waals surface area (Å²) in [5.74, 6) is -0.361. The molecule has 0 bridgehead atoms. The lowest BCUT2D eigenvalue weighted by Gasteiger charge is -2.12. The van der Waals surface area contributed by atoms with Crippen molar-refractivity contribution in [3.05, 3.63) is 59.7 Å². The maximum atomic E-state index is 12.3. The van der Waals surface area contributed by atoms with Gasteiger partial charge >= 0.3 is 5.97 Å². The molecule has 0 spiro atoms. The number of carbonyl (C=O) groups excluding carboxylic acids is 3. The van der Waals surface area contributed by atoms with Gasteiger partial charge in [0.2, 0.25) is 0 Å². The average Bonchev–Trinajstić information content (AvgIpc) is 2.72. The van der Waals surface area contributed by atoms with Gasteiger partial charge in [-0.15, -0.1) is 0 Å². The van der Waals surface area contributed by atoms with E-state index in [9.17, 15) is 14.4 Å². The highest BCUT2D eigenvalue weighted by Crippen LogP contribution is 2.15. The van der Waals surface area contributed by atoms with E-state index in [-0.39, 0.29) is 18.9 Å². The minimum atomic E-state index is -0.541. The summed E-state index contributed by atoms with van der Waals surface area (Å²) in [5.41, 5.74) is 1.83. The first-order chi connectivity index (χ1) is 14.3. The van der Waals surface area contributed by atoms with Crippen molar-refractivity contribution in [1.29, 1.82) is 0 Å². The summed E-state index contributed by atoms with van der Waals surface area (Å²) in [5, 5.41) is 5.43. The molecule has 2 aromatic rings. The number of ether oxygens (including phenoxy) is 2. The average molecular weight is 412 g/mol. The van der Waals surface area contributed by atoms with E-state index in [4.69, 9.17) is 9.47 Å². The summed E-state index contributed by atoms with van der Waals surface area (Å²) in [6, 6.07) is 14.2. The first-order valence-electron chi connectivity index (χ1n) is 9.87. The minimum absolute atomic E-state index is 0.0232. The maximum absolute atomic E-state index is 12.3. The molecule has 0 unspecified atom stereocenters. The predicted octanol–water partition coefficient (Wildman–Crippen LogP) is 3.33. The number of carbonyl (C=O) groups is 3. The monoisotopic (exact) mass is 412 g/mol. The van der Waals surface area contributed by atoms with Crippen molar-refractivity contribution in [2.75, 3.05) is 25.1 Å². The van der Waals surface area contributed by atoms with Crippen LogP contribution >= 0.6 is 0 Å². The maximum Gasteiger partial charge on any atom is 0.309 e. The molecule has 0 saturated heterocycles. The van der Waals surface area contributed by atoms with E-state index in [1.807, 2.05) is 45.0 Å². The molecule has 0 atom stereocenters. The van der Waals surface area contributed by atoms with Gasteiger partial charge in [-0.3, -0.25) is 14.4 Å². The van der Waals surface area contributed by atoms with Gasteiger partial charge in [0.15, 0.2) is 6.61 Å². The van der Waals surface area contributed by atoms with Gasteiger partial charge in [-0.1, -0.05) is 43.7 Å². The fourth-order valence-corrected chi connectivity index (χ4v) is 2.47. The summed E-state index contributed by atoms with van der Waals surface area (Å²) in [4.78, 5) is 36.3. The molecule has 160 valence electrons. The Kier molecular flexibility index (Phi) is 8.87. The normalized spacial score (nSPS) is 10.4. The molecule has 0 aliphatic heterocycles. The molecular formula is C23H28N2O5. The van der Waals surface area contributed by atoms with E-state index >= 15 is 0 Å². The number of hydrogen-bond donors (Lipinski definition) is 2. The molecular weight excluding hydrogens is 384 g/mol. The van der Waals surface area contributed by atoms with Gasteiger partial charge in [-0.05, 0) is 37.1 Å². The lowest BCUT2D eigenvalue weighted by molar-refractivity contribution is -0.147. The van der Waals surface area contributed by atoms with Gasteiger partial charge in [0.1, 0.15) is 5.75 Å². The standard InChI is InChI=1S/C23H28N2O5/c1-16(2)14-24-23(28)19-6-4-5-7-20(19)25-21(26)15-30-22(27)12-13-29-18-10-8-17(3)9-11-18/h4-11,16H,12-15H2,1-3H3,(H,24,28)(H,25,26). The number of anilines is 1. The Bertz CT molecular complexity index is 862. The van der Waals surface area contributed by atoms with Gasteiger partial charge in [-0.2, -0.15) is 0 Å². The molecule has 0 radical (unpaired) electrons. The summed E-state index contributed by atoms with van der Waals surface area (Å²) < 4.78 is 10.5. The first kappa shape index (κ1) is 22.9. The predicted molar refractivity (Wildman–Crippen MR) is 114 cm³/mol. The number of benzene rings is 2. The topological polar surface area (TPSA) is 93.7 Å². The molecule has 0 aromatic heterocycles. The van der Waals surface area contributed by atoms with Crippen molar-refractivity contribution in [2.45, 2.75) is 27.2 Å². The van der Waals surface area contributed by atoms with E-state index in [0.717, 1.165) is 5.56 Å². The molecule has 0 saturated carbocycles. The lowest BCUT2D eigenvalue weighted by Crippen LogP contribution is -2.29. The number of para-hydroxylation sites is 1. The minimum Gasteiger partial charge on any atom is -0.493 e. The molecule has 0 heterocycles. The van der Waals surface area contributed by atoms with E-state index in [1.165, 1.54) is 0 Å². The zero-order valence-corrected chi connectivity index (χ0v) is 17.6. The number of aryl methyl sites for hydroxylation is 1. The molecule has 2 aromatic carbocycles. The SMILES string of the molecule is Cc1ccc(OCCC(=O)OCC(=O)Nc2ccccc2C(=O)NCC(C)C)cc1. The van der Waals surface area contributed by atoms with Crippen LogP contribution < -0.4 is 15.4 Å². The fourth-order valence-electron chi connectivity index (χ4n) is 2.47. The zero-order chi connectivity index (χ0) is 21.9. The van der Waals surface area contributed by atoms with Crippen LogP contribution in [-0.2, 0) is 14.3 Å². The summed E-state index contributed by atoms with van der Waals surface area (Å²) in [6.45, 7) is 6.21. The van der Waals surface area contributed by atoms with E-state index < -0.39 is 18.5 Å². The summed E-state index contributed by atoms with van der Waals surface area (Å²) in [6.07, 6.45) is 0.0232. The van der Waals surface area contributed by atoms with Gasteiger partial charge in [0.25, 0.3) is 11.8 Å². The Morgan fingerprint density at radius 2 is 1.70 bits per heavy atom. The Morgan fingerprint density at radius 3 is 2.40 bits per heavy atom. The highest BCUT2D eigenvalue weighted by Gasteiger charge is 2.14. The van der Waals surface area contributed by atoms with Crippen molar-refractivity contribution < 1.29 is 23.9 Å². The lowest BCUT2D eigenvalue weighted by atomic mass is 10.1. The van der Waals surface area contributed by atoms with Crippen LogP contribution in [-0.4, -0.2) is 37.5 Å². The summed E-state index contributed by atoms with van der Waals surface area (Å²) in [7, 11) is 0. The highest BCUT2D eigenvalue weighted by atomic mass is 16.5. The molecule has 7 heteroatoms. The van der Waals surface area contributed by atoms with Gasteiger partial charge in [0, 0.05) is 6.54 Å². The number of nitrogens with one attached hydrogen (secondary N) is 2. The largest absolute Gasteiger partial charge is 0.493 e. The number of amides is 2. The second-order valence-electron chi connectivity index (χ2n) is 7.27. The number of esters is 1. The Hall–Kier alpha value is -3.35. The number of hydrogen-bond acceptors (Lipinski definition) is 5. The third-order valence-electron chi connectivity index (χ3n) is 4.08. The van der Waals surface area contributed by atoms with Crippen LogP contribution in [0.2, 0.25) is 0 Å². The van der Waals surface area contributed by atoms with Crippen molar-refractivity contribution in [3.63, 3.8) is 0 Å². The van der Waals surface area contributed by atoms with Crippen LogP contribution in [0.15, 0.2) is 48.5 Å². The van der Waals surface area contributed by atoms with Crippen LogP contribution in [0.3, 0.4) is 0 Å². The van der Waals surface area contributed by atoms with E-state index in [1.54, 1.807) is 24.3 Å². The van der Waals surface area contributed by atoms with Crippen molar-refractivity contribution in [2.24, 2.45) is 5.92 Å². The van der Waals surface area contributed by atoms with Crippen LogP contribution in [0, 0.1) is 12.8 Å². The van der Waals surface area contributed by atoms with Gasteiger partial charge < -0.3 is 20.1 Å². The summed E-state index contributed by atoms with van der Waals surface area (Å²) >= 11 is 0. The van der Waals surface area contributed by atoms with E-state index in [2.05, 4.69) is 10.6 Å². The molecule has 7 nitrogen and oxygen atoms in total. The van der Waals surface area contributed by atoms with Crippen molar-refractivity contribution in [3.8, 4) is 5.75 Å². The highest BCUT2D eigenvalue weighted by molar-refractivity contribution is 6.04. The van der Waals surface area contributed by atoms with Crippen LogP contribution in [0.4, 0.5) is 5.69 Å². The smallest absolute Gasteiger partial charge is 0.309 e. The molecule has 30 heavy (non-hydrogen) atoms. The Balaban J connectivity index is 1.76. The molecule has 0 aliphatic carbocycles. The second-order valence-corrected chi connectivity index (χ2v) is 7.27. The quantitative estimate of drug-likeness (QED) is 0.584. The fraction of sp³-hybridized carbons (Fsp3) is 0.348. The Morgan fingerprint density at radius 1 is 1.00 bits per heavy atom. The van der Waals surface area contributed by atoms with Crippen LogP contribution in [0.25, 0.3) is 0 Å². The van der Waals surface area contributed by atoms with Crippen LogP contribution in [0.5, 0.6) is 5.75 Å². The molecule has 2 amide bonds.